The fraction of sp³-hybridized carbons (Fsp3) is 0.0588. The zero-order valence-electron chi connectivity index (χ0n) is 12.0. The summed E-state index contributed by atoms with van der Waals surface area (Å²) in [4.78, 5) is 12.8. The summed E-state index contributed by atoms with van der Waals surface area (Å²) in [6, 6.07) is 12.5. The second-order valence-electron chi connectivity index (χ2n) is 5.19. The predicted octanol–water partition coefficient (Wildman–Crippen LogP) is 4.70. The molecular weight excluding hydrogens is 335 g/mol. The fourth-order valence-corrected chi connectivity index (χ4v) is 2.96. The van der Waals surface area contributed by atoms with Crippen LogP contribution in [0.1, 0.15) is 5.76 Å². The van der Waals surface area contributed by atoms with Crippen molar-refractivity contribution in [3.63, 3.8) is 0 Å². The molecular formula is C17H10Cl2N2O2. The molecule has 0 radical (unpaired) electrons. The second-order valence-corrected chi connectivity index (χ2v) is 6.01. The highest BCUT2D eigenvalue weighted by molar-refractivity contribution is 6.42. The van der Waals surface area contributed by atoms with Crippen molar-refractivity contribution in [1.29, 1.82) is 0 Å². The van der Waals surface area contributed by atoms with Gasteiger partial charge in [-0.2, -0.15) is 9.78 Å². The van der Waals surface area contributed by atoms with Gasteiger partial charge in [-0.1, -0.05) is 35.3 Å². The Labute approximate surface area is 141 Å². The molecule has 2 aromatic rings. The van der Waals surface area contributed by atoms with Gasteiger partial charge >= 0.3 is 0 Å². The fourth-order valence-electron chi connectivity index (χ4n) is 2.67. The van der Waals surface area contributed by atoms with Crippen molar-refractivity contribution < 1.29 is 4.42 Å². The minimum atomic E-state index is -0.245. The third kappa shape index (κ3) is 2.14. The molecule has 0 atom stereocenters. The summed E-state index contributed by atoms with van der Waals surface area (Å²) >= 11 is 12.0. The predicted molar refractivity (Wildman–Crippen MR) is 91.0 cm³/mol. The van der Waals surface area contributed by atoms with E-state index in [1.807, 2.05) is 24.3 Å². The van der Waals surface area contributed by atoms with Crippen LogP contribution >= 0.6 is 23.2 Å². The van der Waals surface area contributed by atoms with Crippen molar-refractivity contribution in [1.82, 2.24) is 9.78 Å². The van der Waals surface area contributed by atoms with Crippen molar-refractivity contribution in [2.45, 2.75) is 6.92 Å². The van der Waals surface area contributed by atoms with Gasteiger partial charge in [0, 0.05) is 5.39 Å². The number of hydrogen-bond donors (Lipinski definition) is 0. The van der Waals surface area contributed by atoms with Crippen LogP contribution in [0.15, 0.2) is 51.7 Å². The van der Waals surface area contributed by atoms with Gasteiger partial charge in [-0.15, -0.1) is 0 Å². The van der Waals surface area contributed by atoms with Gasteiger partial charge in [-0.3, -0.25) is 4.79 Å². The minimum absolute atomic E-state index is 0.245. The molecule has 0 amide bonds. The van der Waals surface area contributed by atoms with E-state index in [1.54, 1.807) is 25.1 Å². The maximum atomic E-state index is 12.8. The number of nitrogens with zero attached hydrogens (tertiary/aromatic N) is 2. The molecule has 0 saturated carbocycles. The van der Waals surface area contributed by atoms with E-state index in [-0.39, 0.29) is 5.56 Å². The molecule has 114 valence electrons. The Kier molecular flexibility index (Phi) is 3.18. The summed E-state index contributed by atoms with van der Waals surface area (Å²) in [5.74, 6) is 0.537. The topological polar surface area (TPSA) is 48.0 Å². The van der Waals surface area contributed by atoms with Gasteiger partial charge < -0.3 is 4.42 Å². The number of hydrogen-bond acceptors (Lipinski definition) is 3. The summed E-state index contributed by atoms with van der Waals surface area (Å²) in [5.41, 5.74) is 2.08. The minimum Gasteiger partial charge on any atom is -0.460 e. The summed E-state index contributed by atoms with van der Waals surface area (Å²) in [7, 11) is 0. The quantitative estimate of drug-likeness (QED) is 0.502. The number of benzene rings is 2. The lowest BCUT2D eigenvalue weighted by Gasteiger charge is -2.04. The highest BCUT2D eigenvalue weighted by Gasteiger charge is 2.23. The molecule has 2 aliphatic heterocycles. The number of rotatable bonds is 1. The highest BCUT2D eigenvalue weighted by atomic mass is 35.5. The Morgan fingerprint density at radius 2 is 1.87 bits per heavy atom. The molecule has 2 aromatic carbocycles. The van der Waals surface area contributed by atoms with Crippen molar-refractivity contribution in [3.05, 3.63) is 68.6 Å². The van der Waals surface area contributed by atoms with Crippen molar-refractivity contribution in [3.8, 4) is 16.9 Å². The van der Waals surface area contributed by atoms with Crippen LogP contribution in [-0.4, -0.2) is 9.78 Å². The Morgan fingerprint density at radius 1 is 1.09 bits per heavy atom. The van der Waals surface area contributed by atoms with E-state index in [1.165, 1.54) is 4.68 Å². The molecule has 0 bridgehead atoms. The van der Waals surface area contributed by atoms with Gasteiger partial charge in [-0.25, -0.2) is 0 Å². The Hall–Kier alpha value is -2.30. The van der Waals surface area contributed by atoms with E-state index in [0.717, 1.165) is 5.39 Å². The first kappa shape index (κ1) is 14.3. The van der Waals surface area contributed by atoms with Crippen LogP contribution < -0.4 is 5.56 Å². The zero-order chi connectivity index (χ0) is 16.1. The smallest absolute Gasteiger partial charge is 0.284 e. The van der Waals surface area contributed by atoms with Gasteiger partial charge in [0.05, 0.1) is 15.7 Å². The lowest BCUT2D eigenvalue weighted by atomic mass is 10.1. The molecule has 4 nitrogen and oxygen atoms in total. The summed E-state index contributed by atoms with van der Waals surface area (Å²) in [6.45, 7) is 1.76. The van der Waals surface area contributed by atoms with Crippen molar-refractivity contribution in [2.75, 3.05) is 0 Å². The average Bonchev–Trinajstić information content (AvgIpc) is 2.89. The molecule has 0 aromatic heterocycles. The van der Waals surface area contributed by atoms with Gasteiger partial charge in [0.1, 0.15) is 22.6 Å². The lowest BCUT2D eigenvalue weighted by molar-refractivity contribution is 0.567. The number of aromatic nitrogens is 2. The molecule has 6 heteroatoms. The molecule has 2 aliphatic rings. The largest absolute Gasteiger partial charge is 0.460 e. The number of fused-ring (bicyclic) bond motifs is 3. The molecule has 4 rings (SSSR count). The van der Waals surface area contributed by atoms with Gasteiger partial charge in [0.15, 0.2) is 0 Å². The first-order chi connectivity index (χ1) is 11.1. The van der Waals surface area contributed by atoms with E-state index in [4.69, 9.17) is 27.6 Å². The van der Waals surface area contributed by atoms with Crippen LogP contribution in [0.3, 0.4) is 0 Å². The molecule has 0 N–H and O–H groups in total. The second kappa shape index (κ2) is 5.11. The molecule has 2 heterocycles. The summed E-state index contributed by atoms with van der Waals surface area (Å²) in [6.07, 6.45) is 0. The molecule has 0 unspecified atom stereocenters. The maximum Gasteiger partial charge on any atom is 0.284 e. The summed E-state index contributed by atoms with van der Waals surface area (Å²) in [5, 5.41) is 6.08. The lowest BCUT2D eigenvalue weighted by Crippen LogP contribution is -2.15. The number of halogens is 2. The standard InChI is InChI=1S/C17H10Cl2N2O2/c1-9-15-16(11-4-2-3-5-14(11)23-9)20-21(17(15)22)10-6-7-12(18)13(19)8-10/h2-8H,1H3. The van der Waals surface area contributed by atoms with E-state index >= 15 is 0 Å². The van der Waals surface area contributed by atoms with Crippen molar-refractivity contribution >= 4 is 34.2 Å². The normalized spacial score (nSPS) is 11.4. The summed E-state index contributed by atoms with van der Waals surface area (Å²) < 4.78 is 7.07. The van der Waals surface area contributed by atoms with Crippen LogP contribution in [0.5, 0.6) is 0 Å². The average molecular weight is 345 g/mol. The van der Waals surface area contributed by atoms with Crippen LogP contribution in [-0.2, 0) is 0 Å². The first-order valence-corrected chi connectivity index (χ1v) is 7.68. The van der Waals surface area contributed by atoms with Crippen molar-refractivity contribution in [2.24, 2.45) is 0 Å². The number of para-hydroxylation sites is 1. The van der Waals surface area contributed by atoms with Crippen LogP contribution in [0.2, 0.25) is 10.0 Å². The first-order valence-electron chi connectivity index (χ1n) is 6.93. The van der Waals surface area contributed by atoms with Crippen LogP contribution in [0.4, 0.5) is 0 Å². The SMILES string of the molecule is Cc1oc2ccccc2c2nn(-c3ccc(Cl)c(Cl)c3)c(=O)c1-2. The van der Waals surface area contributed by atoms with E-state index in [9.17, 15) is 4.79 Å². The molecule has 0 spiro atoms. The maximum absolute atomic E-state index is 12.8. The molecule has 0 saturated heterocycles. The van der Waals surface area contributed by atoms with E-state index in [2.05, 4.69) is 5.10 Å². The Balaban J connectivity index is 2.09. The molecule has 23 heavy (non-hydrogen) atoms. The highest BCUT2D eigenvalue weighted by Crippen LogP contribution is 2.31. The Bertz CT molecular complexity index is 1080. The number of aryl methyl sites for hydroxylation is 1. The van der Waals surface area contributed by atoms with Gasteiger partial charge in [0.25, 0.3) is 5.56 Å². The monoisotopic (exact) mass is 344 g/mol. The van der Waals surface area contributed by atoms with Gasteiger partial charge in [-0.05, 0) is 37.3 Å². The zero-order valence-corrected chi connectivity index (χ0v) is 13.5. The third-order valence-electron chi connectivity index (χ3n) is 3.75. The van der Waals surface area contributed by atoms with Gasteiger partial charge in [0.2, 0.25) is 0 Å². The Morgan fingerprint density at radius 3 is 2.65 bits per heavy atom. The third-order valence-corrected chi connectivity index (χ3v) is 4.49. The van der Waals surface area contributed by atoms with E-state index in [0.29, 0.717) is 38.3 Å². The van der Waals surface area contributed by atoms with E-state index < -0.39 is 0 Å². The van der Waals surface area contributed by atoms with Crippen LogP contribution in [0, 0.1) is 6.92 Å². The molecule has 0 aliphatic carbocycles. The molecule has 0 fully saturated rings. The van der Waals surface area contributed by atoms with Crippen LogP contribution in [0.25, 0.3) is 27.9 Å².